The Labute approximate surface area is 170 Å². The molecule has 4 rings (SSSR count). The molecule has 2 aromatic rings. The second-order valence-corrected chi connectivity index (χ2v) is 7.36. The predicted octanol–water partition coefficient (Wildman–Crippen LogP) is 2.07. The molecule has 29 heavy (non-hydrogen) atoms. The number of carbonyl (C=O) groups excluding carboxylic acids is 1. The smallest absolute Gasteiger partial charge is 0.274 e. The number of nitrogens with zero attached hydrogens (tertiary/aromatic N) is 4. The number of alkyl halides is 1. The third kappa shape index (κ3) is 4.13. The summed E-state index contributed by atoms with van der Waals surface area (Å²) in [6, 6.07) is 7.66. The highest BCUT2D eigenvalue weighted by atomic mass is 19.1. The molecule has 1 fully saturated rings. The summed E-state index contributed by atoms with van der Waals surface area (Å²) >= 11 is 0. The van der Waals surface area contributed by atoms with Crippen molar-refractivity contribution in [1.29, 1.82) is 0 Å². The zero-order valence-corrected chi connectivity index (χ0v) is 16.8. The fourth-order valence-electron chi connectivity index (χ4n) is 4.01. The summed E-state index contributed by atoms with van der Waals surface area (Å²) in [7, 11) is 1.63. The topological polar surface area (TPSA) is 59.8 Å². The van der Waals surface area contributed by atoms with Crippen LogP contribution in [0.25, 0.3) is 5.69 Å². The Morgan fingerprint density at radius 2 is 2.03 bits per heavy atom. The summed E-state index contributed by atoms with van der Waals surface area (Å²) < 4.78 is 25.4. The van der Waals surface area contributed by atoms with Crippen LogP contribution in [0.5, 0.6) is 5.75 Å². The van der Waals surface area contributed by atoms with Gasteiger partial charge in [-0.3, -0.25) is 9.69 Å². The molecule has 0 spiro atoms. The number of ether oxygens (including phenoxy) is 2. The number of hydrogen-bond acceptors (Lipinski definition) is 5. The van der Waals surface area contributed by atoms with E-state index >= 15 is 0 Å². The number of halogens is 1. The van der Waals surface area contributed by atoms with Crippen LogP contribution in [0, 0.1) is 0 Å². The maximum absolute atomic E-state index is 13.3. The van der Waals surface area contributed by atoms with Gasteiger partial charge in [-0.2, -0.15) is 5.10 Å². The van der Waals surface area contributed by atoms with E-state index in [1.54, 1.807) is 7.11 Å². The van der Waals surface area contributed by atoms with E-state index in [1.165, 1.54) is 0 Å². The molecule has 0 bridgehead atoms. The number of carbonyl (C=O) groups is 1. The van der Waals surface area contributed by atoms with Gasteiger partial charge in [-0.15, -0.1) is 0 Å². The van der Waals surface area contributed by atoms with Gasteiger partial charge in [-0.1, -0.05) is 0 Å². The Morgan fingerprint density at radius 3 is 2.79 bits per heavy atom. The Balaban J connectivity index is 1.61. The Bertz CT molecular complexity index is 852. The van der Waals surface area contributed by atoms with Crippen LogP contribution in [0.4, 0.5) is 4.39 Å². The van der Waals surface area contributed by atoms with Crippen molar-refractivity contribution >= 4 is 5.91 Å². The maximum Gasteiger partial charge on any atom is 0.274 e. The molecule has 8 heteroatoms. The van der Waals surface area contributed by atoms with Gasteiger partial charge in [0.25, 0.3) is 5.91 Å². The molecule has 0 atom stereocenters. The van der Waals surface area contributed by atoms with Crippen LogP contribution in [-0.4, -0.2) is 78.6 Å². The molecule has 1 aromatic carbocycles. The van der Waals surface area contributed by atoms with Crippen molar-refractivity contribution in [3.63, 3.8) is 0 Å². The molecule has 1 aromatic heterocycles. The summed E-state index contributed by atoms with van der Waals surface area (Å²) in [5.74, 6) is 0.706. The SMILES string of the molecule is COc1ccc(-n2nc(C(=O)N3CCCN(CCF)CC3)c3c2CCOC3)cc1. The van der Waals surface area contributed by atoms with Crippen LogP contribution in [0.15, 0.2) is 24.3 Å². The van der Waals surface area contributed by atoms with Crippen LogP contribution in [0.3, 0.4) is 0 Å². The second-order valence-electron chi connectivity index (χ2n) is 7.36. The number of amides is 1. The summed E-state index contributed by atoms with van der Waals surface area (Å²) in [5.41, 5.74) is 3.27. The molecule has 1 amide bonds. The molecule has 0 radical (unpaired) electrons. The first kappa shape index (κ1) is 19.8. The van der Waals surface area contributed by atoms with Crippen molar-refractivity contribution in [2.75, 3.05) is 53.1 Å². The largest absolute Gasteiger partial charge is 0.497 e. The van der Waals surface area contributed by atoms with Gasteiger partial charge in [0.15, 0.2) is 5.69 Å². The summed E-state index contributed by atoms with van der Waals surface area (Å²) in [6.45, 7) is 3.83. The van der Waals surface area contributed by atoms with E-state index in [4.69, 9.17) is 14.6 Å². The van der Waals surface area contributed by atoms with Crippen LogP contribution >= 0.6 is 0 Å². The average Bonchev–Trinajstić information content (AvgIpc) is 2.99. The summed E-state index contributed by atoms with van der Waals surface area (Å²) in [4.78, 5) is 17.2. The van der Waals surface area contributed by atoms with Crippen LogP contribution in [0.1, 0.15) is 28.2 Å². The molecule has 7 nitrogen and oxygen atoms in total. The number of methoxy groups -OCH3 is 1. The van der Waals surface area contributed by atoms with Crippen molar-refractivity contribution < 1.29 is 18.7 Å². The van der Waals surface area contributed by atoms with Gasteiger partial charge in [-0.25, -0.2) is 9.07 Å². The standard InChI is InChI=1S/C21H27FN4O3/c1-28-17-5-3-16(4-6-17)26-19-7-14-29-15-18(19)20(23-26)21(27)25-10-2-9-24(11-8-22)12-13-25/h3-6H,2,7-15H2,1H3. The monoisotopic (exact) mass is 402 g/mol. The van der Waals surface area contributed by atoms with E-state index < -0.39 is 0 Å². The lowest BCUT2D eigenvalue weighted by atomic mass is 10.1. The highest BCUT2D eigenvalue weighted by Crippen LogP contribution is 2.26. The molecule has 0 unspecified atom stereocenters. The molecule has 2 aliphatic heterocycles. The molecular formula is C21H27FN4O3. The van der Waals surface area contributed by atoms with Gasteiger partial charge in [-0.05, 0) is 37.2 Å². The minimum Gasteiger partial charge on any atom is -0.497 e. The maximum atomic E-state index is 13.3. The number of rotatable bonds is 5. The average molecular weight is 402 g/mol. The quantitative estimate of drug-likeness (QED) is 0.766. The number of benzene rings is 1. The summed E-state index contributed by atoms with van der Waals surface area (Å²) in [5, 5.41) is 4.71. The lowest BCUT2D eigenvalue weighted by molar-refractivity contribution is 0.0741. The zero-order valence-electron chi connectivity index (χ0n) is 16.8. The van der Waals surface area contributed by atoms with E-state index in [1.807, 2.05) is 33.8 Å². The van der Waals surface area contributed by atoms with Crippen LogP contribution in [-0.2, 0) is 17.8 Å². The van der Waals surface area contributed by atoms with Crippen molar-refractivity contribution in [2.24, 2.45) is 0 Å². The molecule has 0 saturated carbocycles. The van der Waals surface area contributed by atoms with Gasteiger partial charge in [0, 0.05) is 38.2 Å². The fraction of sp³-hybridized carbons (Fsp3) is 0.524. The zero-order chi connectivity index (χ0) is 20.2. The van der Waals surface area contributed by atoms with Crippen molar-refractivity contribution in [1.82, 2.24) is 19.6 Å². The summed E-state index contributed by atoms with van der Waals surface area (Å²) in [6.07, 6.45) is 1.55. The third-order valence-electron chi connectivity index (χ3n) is 5.62. The Morgan fingerprint density at radius 1 is 1.21 bits per heavy atom. The van der Waals surface area contributed by atoms with E-state index in [2.05, 4.69) is 4.90 Å². The second kappa shape index (κ2) is 8.92. The van der Waals surface area contributed by atoms with Gasteiger partial charge in [0.2, 0.25) is 0 Å². The lowest BCUT2D eigenvalue weighted by Crippen LogP contribution is -2.36. The van der Waals surface area contributed by atoms with Gasteiger partial charge < -0.3 is 14.4 Å². The first-order valence-electron chi connectivity index (χ1n) is 10.1. The van der Waals surface area contributed by atoms with E-state index in [-0.39, 0.29) is 12.6 Å². The van der Waals surface area contributed by atoms with Gasteiger partial charge >= 0.3 is 0 Å². The molecule has 3 heterocycles. The fourth-order valence-corrected chi connectivity index (χ4v) is 4.01. The van der Waals surface area contributed by atoms with Crippen LogP contribution < -0.4 is 4.74 Å². The number of fused-ring (bicyclic) bond motifs is 1. The van der Waals surface area contributed by atoms with Gasteiger partial charge in [0.05, 0.1) is 31.7 Å². The van der Waals surface area contributed by atoms with E-state index in [9.17, 15) is 9.18 Å². The Hall–Kier alpha value is -2.45. The molecule has 2 aliphatic rings. The minimum absolute atomic E-state index is 0.0684. The van der Waals surface area contributed by atoms with Crippen molar-refractivity contribution in [3.8, 4) is 11.4 Å². The first-order chi connectivity index (χ1) is 14.2. The number of hydrogen-bond donors (Lipinski definition) is 0. The molecule has 0 N–H and O–H groups in total. The number of aromatic nitrogens is 2. The van der Waals surface area contributed by atoms with Crippen molar-refractivity contribution in [2.45, 2.75) is 19.4 Å². The molecular weight excluding hydrogens is 375 g/mol. The lowest BCUT2D eigenvalue weighted by Gasteiger charge is -2.21. The van der Waals surface area contributed by atoms with Crippen LogP contribution in [0.2, 0.25) is 0 Å². The first-order valence-corrected chi connectivity index (χ1v) is 10.1. The predicted molar refractivity (Wildman–Crippen MR) is 106 cm³/mol. The highest BCUT2D eigenvalue weighted by Gasteiger charge is 2.29. The third-order valence-corrected chi connectivity index (χ3v) is 5.62. The Kier molecular flexibility index (Phi) is 6.10. The van der Waals surface area contributed by atoms with Gasteiger partial charge in [0.1, 0.15) is 12.4 Å². The highest BCUT2D eigenvalue weighted by molar-refractivity contribution is 5.94. The van der Waals surface area contributed by atoms with E-state index in [0.29, 0.717) is 51.5 Å². The molecule has 1 saturated heterocycles. The molecule has 0 aliphatic carbocycles. The van der Waals surface area contributed by atoms with E-state index in [0.717, 1.165) is 35.7 Å². The molecule has 156 valence electrons. The normalized spacial score (nSPS) is 17.7. The minimum atomic E-state index is -0.356. The van der Waals surface area contributed by atoms with Crippen molar-refractivity contribution in [3.05, 3.63) is 41.2 Å².